The van der Waals surface area contributed by atoms with Crippen LogP contribution in [0.1, 0.15) is 12.8 Å². The zero-order valence-electron chi connectivity index (χ0n) is 15.0. The molecule has 0 saturated carbocycles. The summed E-state index contributed by atoms with van der Waals surface area (Å²) in [5.41, 5.74) is 0.305. The summed E-state index contributed by atoms with van der Waals surface area (Å²) in [5.74, 6) is -1.36. The highest BCUT2D eigenvalue weighted by Crippen LogP contribution is 2.28. The normalized spacial score (nSPS) is 16.3. The standard InChI is InChI=1S/C17H16F2N6O2S2/c18-10-3-4-13(19)12(6-10)14-8-28-16(20-14)21-15(26)9-29-17-22-23-24-25(17)7-11-2-1-5-27-11/h3-4,6,8,11H,1-2,5,7,9H2,(H,20,21,26). The lowest BCUT2D eigenvalue weighted by Gasteiger charge is -2.09. The molecule has 0 spiro atoms. The van der Waals surface area contributed by atoms with Crippen LogP contribution in [0.15, 0.2) is 28.7 Å². The summed E-state index contributed by atoms with van der Waals surface area (Å²) in [5, 5.41) is 16.6. The summed E-state index contributed by atoms with van der Waals surface area (Å²) >= 11 is 2.33. The van der Waals surface area contributed by atoms with E-state index in [-0.39, 0.29) is 29.0 Å². The highest BCUT2D eigenvalue weighted by molar-refractivity contribution is 7.99. The molecule has 3 heterocycles. The zero-order chi connectivity index (χ0) is 20.2. The molecule has 1 aliphatic rings. The van der Waals surface area contributed by atoms with Crippen molar-refractivity contribution in [1.29, 1.82) is 0 Å². The molecule has 1 fully saturated rings. The second-order valence-corrected chi connectivity index (χ2v) is 8.08. The van der Waals surface area contributed by atoms with E-state index in [1.807, 2.05) is 0 Å². The van der Waals surface area contributed by atoms with Crippen molar-refractivity contribution < 1.29 is 18.3 Å². The van der Waals surface area contributed by atoms with Crippen molar-refractivity contribution in [2.24, 2.45) is 0 Å². The van der Waals surface area contributed by atoms with Crippen molar-refractivity contribution in [3.8, 4) is 11.3 Å². The molecule has 1 atom stereocenters. The van der Waals surface area contributed by atoms with Crippen LogP contribution < -0.4 is 5.32 Å². The average Bonchev–Trinajstić information content (AvgIpc) is 3.45. The highest BCUT2D eigenvalue weighted by Gasteiger charge is 2.19. The quantitative estimate of drug-likeness (QED) is 0.567. The van der Waals surface area contributed by atoms with E-state index >= 15 is 0 Å². The van der Waals surface area contributed by atoms with Crippen LogP contribution in [0.25, 0.3) is 11.3 Å². The molecule has 3 aromatic rings. The molecule has 0 aliphatic carbocycles. The number of benzene rings is 1. The number of tetrazole rings is 1. The van der Waals surface area contributed by atoms with Crippen LogP contribution >= 0.6 is 23.1 Å². The molecule has 1 saturated heterocycles. The van der Waals surface area contributed by atoms with E-state index in [1.54, 1.807) is 10.1 Å². The van der Waals surface area contributed by atoms with Gasteiger partial charge in [-0.2, -0.15) is 0 Å². The number of thioether (sulfide) groups is 1. The Hall–Kier alpha value is -2.44. The lowest BCUT2D eigenvalue weighted by Crippen LogP contribution is -2.18. The predicted molar refractivity (Wildman–Crippen MR) is 104 cm³/mol. The van der Waals surface area contributed by atoms with Gasteiger partial charge in [0.15, 0.2) is 5.13 Å². The van der Waals surface area contributed by atoms with Gasteiger partial charge in [0.25, 0.3) is 0 Å². The summed E-state index contributed by atoms with van der Waals surface area (Å²) in [6.07, 6.45) is 2.07. The third-order valence-corrected chi connectivity index (χ3v) is 5.90. The van der Waals surface area contributed by atoms with Crippen LogP contribution in [0.5, 0.6) is 0 Å². The topological polar surface area (TPSA) is 94.8 Å². The Morgan fingerprint density at radius 1 is 1.41 bits per heavy atom. The summed E-state index contributed by atoms with van der Waals surface area (Å²) in [4.78, 5) is 16.4. The number of rotatable bonds is 7. The first-order valence-corrected chi connectivity index (χ1v) is 10.7. The van der Waals surface area contributed by atoms with Crippen molar-refractivity contribution in [2.45, 2.75) is 30.6 Å². The second-order valence-electron chi connectivity index (χ2n) is 6.28. The molecule has 4 rings (SSSR count). The molecule has 12 heteroatoms. The van der Waals surface area contributed by atoms with Gasteiger partial charge in [0, 0.05) is 17.6 Å². The Morgan fingerprint density at radius 3 is 3.14 bits per heavy atom. The number of halogens is 2. The van der Waals surface area contributed by atoms with Gasteiger partial charge in [-0.15, -0.1) is 16.4 Å². The Labute approximate surface area is 172 Å². The number of thiazole rings is 1. The van der Waals surface area contributed by atoms with Crippen LogP contribution in [-0.4, -0.2) is 49.6 Å². The van der Waals surface area contributed by atoms with Crippen LogP contribution in [0.2, 0.25) is 0 Å². The number of aromatic nitrogens is 5. The molecule has 1 aromatic carbocycles. The van der Waals surface area contributed by atoms with E-state index < -0.39 is 11.6 Å². The molecule has 152 valence electrons. The summed E-state index contributed by atoms with van der Waals surface area (Å²) in [6, 6.07) is 3.15. The molecule has 1 amide bonds. The number of carbonyl (C=O) groups is 1. The Kier molecular flexibility index (Phi) is 6.11. The van der Waals surface area contributed by atoms with Crippen LogP contribution in [-0.2, 0) is 16.1 Å². The number of nitrogens with zero attached hydrogens (tertiary/aromatic N) is 5. The maximum Gasteiger partial charge on any atom is 0.236 e. The smallest absolute Gasteiger partial charge is 0.236 e. The van der Waals surface area contributed by atoms with Crippen molar-refractivity contribution in [3.05, 3.63) is 35.2 Å². The van der Waals surface area contributed by atoms with Gasteiger partial charge in [-0.25, -0.2) is 18.4 Å². The van der Waals surface area contributed by atoms with Gasteiger partial charge in [-0.1, -0.05) is 11.8 Å². The number of hydrogen-bond acceptors (Lipinski definition) is 8. The molecule has 1 unspecified atom stereocenters. The lowest BCUT2D eigenvalue weighted by molar-refractivity contribution is -0.113. The Balaban J connectivity index is 1.33. The van der Waals surface area contributed by atoms with Gasteiger partial charge in [-0.05, 0) is 41.5 Å². The van der Waals surface area contributed by atoms with Crippen molar-refractivity contribution in [2.75, 3.05) is 17.7 Å². The monoisotopic (exact) mass is 438 g/mol. The summed E-state index contributed by atoms with van der Waals surface area (Å²) in [7, 11) is 0. The van der Waals surface area contributed by atoms with Crippen molar-refractivity contribution in [1.82, 2.24) is 25.2 Å². The first-order chi connectivity index (χ1) is 14.1. The van der Waals surface area contributed by atoms with E-state index in [1.165, 1.54) is 11.8 Å². The Morgan fingerprint density at radius 2 is 2.31 bits per heavy atom. The molecule has 1 aliphatic heterocycles. The van der Waals surface area contributed by atoms with Gasteiger partial charge in [0.05, 0.1) is 24.1 Å². The van der Waals surface area contributed by atoms with Gasteiger partial charge in [0.2, 0.25) is 11.1 Å². The summed E-state index contributed by atoms with van der Waals surface area (Å²) in [6.45, 7) is 1.29. The van der Waals surface area contributed by atoms with E-state index in [0.717, 1.165) is 49.0 Å². The molecule has 0 bridgehead atoms. The van der Waals surface area contributed by atoms with Gasteiger partial charge in [-0.3, -0.25) is 4.79 Å². The lowest BCUT2D eigenvalue weighted by atomic mass is 10.1. The molecular weight excluding hydrogens is 422 g/mol. The minimum absolute atomic E-state index is 0.0458. The number of hydrogen-bond donors (Lipinski definition) is 1. The SMILES string of the molecule is O=C(CSc1nnnn1CC1CCCO1)Nc1nc(-c2cc(F)ccc2F)cs1. The number of ether oxygens (including phenoxy) is 1. The fraction of sp³-hybridized carbons (Fsp3) is 0.353. The number of amides is 1. The van der Waals surface area contributed by atoms with Crippen LogP contribution in [0.4, 0.5) is 13.9 Å². The third kappa shape index (κ3) is 4.95. The molecule has 29 heavy (non-hydrogen) atoms. The Bertz CT molecular complexity index is 1010. The largest absolute Gasteiger partial charge is 0.376 e. The van der Waals surface area contributed by atoms with Crippen molar-refractivity contribution >= 4 is 34.1 Å². The fourth-order valence-electron chi connectivity index (χ4n) is 2.83. The fourth-order valence-corrected chi connectivity index (χ4v) is 4.24. The van der Waals surface area contributed by atoms with E-state index in [2.05, 4.69) is 25.8 Å². The first kappa shape index (κ1) is 19.9. The molecule has 8 nitrogen and oxygen atoms in total. The molecule has 0 radical (unpaired) electrons. The van der Waals surface area contributed by atoms with Crippen LogP contribution in [0, 0.1) is 11.6 Å². The number of anilines is 1. The highest BCUT2D eigenvalue weighted by atomic mass is 32.2. The zero-order valence-corrected chi connectivity index (χ0v) is 16.7. The van der Waals surface area contributed by atoms with Crippen molar-refractivity contribution in [3.63, 3.8) is 0 Å². The van der Waals surface area contributed by atoms with E-state index in [0.29, 0.717) is 16.8 Å². The maximum atomic E-state index is 13.9. The first-order valence-electron chi connectivity index (χ1n) is 8.80. The third-order valence-electron chi connectivity index (χ3n) is 4.19. The van der Waals surface area contributed by atoms with Gasteiger partial charge in [0.1, 0.15) is 11.6 Å². The summed E-state index contributed by atoms with van der Waals surface area (Å²) < 4.78 is 34.4. The molecule has 2 aromatic heterocycles. The van der Waals surface area contributed by atoms with Crippen LogP contribution in [0.3, 0.4) is 0 Å². The van der Waals surface area contributed by atoms with E-state index in [4.69, 9.17) is 4.74 Å². The second kappa shape index (κ2) is 8.93. The maximum absolute atomic E-state index is 13.9. The van der Waals surface area contributed by atoms with Gasteiger partial charge < -0.3 is 10.1 Å². The minimum atomic E-state index is -0.580. The predicted octanol–water partition coefficient (Wildman–Crippen LogP) is 2.98. The molecule has 1 N–H and O–H groups in total. The van der Waals surface area contributed by atoms with Gasteiger partial charge >= 0.3 is 0 Å². The minimum Gasteiger partial charge on any atom is -0.376 e. The number of carbonyl (C=O) groups excluding carboxylic acids is 1. The number of nitrogens with one attached hydrogen (secondary N) is 1. The molecular formula is C17H16F2N6O2S2. The average molecular weight is 438 g/mol. The van der Waals surface area contributed by atoms with E-state index in [9.17, 15) is 13.6 Å².